The van der Waals surface area contributed by atoms with Gasteiger partial charge in [-0.1, -0.05) is 11.6 Å². The number of benzene rings is 2. The van der Waals surface area contributed by atoms with Crippen molar-refractivity contribution >= 4 is 44.9 Å². The molecule has 178 valence electrons. The van der Waals surface area contributed by atoms with Gasteiger partial charge < -0.3 is 19.5 Å². The molecule has 1 aliphatic rings. The molecule has 0 atom stereocenters. The first-order chi connectivity index (χ1) is 15.7. The van der Waals surface area contributed by atoms with Crippen molar-refractivity contribution in [3.8, 4) is 11.5 Å². The van der Waals surface area contributed by atoms with Crippen LogP contribution in [0.15, 0.2) is 36.4 Å². The number of sulfonamides is 1. The molecule has 0 bridgehead atoms. The molecule has 0 aliphatic carbocycles. The lowest BCUT2D eigenvalue weighted by Crippen LogP contribution is -2.31. The zero-order valence-corrected chi connectivity index (χ0v) is 19.9. The predicted molar refractivity (Wildman–Crippen MR) is 125 cm³/mol. The van der Waals surface area contributed by atoms with Crippen LogP contribution in [0.4, 0.5) is 11.4 Å². The number of carbonyl (C=O) groups excluding carboxylic acids is 2. The Balaban J connectivity index is 1.62. The van der Waals surface area contributed by atoms with Gasteiger partial charge in [0.15, 0.2) is 11.5 Å². The van der Waals surface area contributed by atoms with E-state index in [4.69, 9.17) is 25.8 Å². The Morgan fingerprint density at radius 3 is 2.55 bits per heavy atom. The number of rotatable bonds is 9. The maximum atomic E-state index is 12.4. The van der Waals surface area contributed by atoms with Crippen molar-refractivity contribution in [3.05, 3.63) is 47.0 Å². The summed E-state index contributed by atoms with van der Waals surface area (Å²) in [4.78, 5) is 24.4. The molecular formula is C22H25ClN2O7S. The average Bonchev–Trinajstić information content (AvgIpc) is 2.77. The molecule has 0 radical (unpaired) electrons. The van der Waals surface area contributed by atoms with Gasteiger partial charge in [-0.3, -0.25) is 9.10 Å². The topological polar surface area (TPSA) is 111 Å². The second-order valence-electron chi connectivity index (χ2n) is 7.23. The van der Waals surface area contributed by atoms with E-state index in [0.29, 0.717) is 36.1 Å². The molecule has 11 heteroatoms. The lowest BCUT2D eigenvalue weighted by atomic mass is 10.2. The third-order valence-corrected chi connectivity index (χ3v) is 6.25. The van der Waals surface area contributed by atoms with Crippen LogP contribution in [-0.2, 0) is 19.6 Å². The van der Waals surface area contributed by atoms with Gasteiger partial charge in [-0.25, -0.2) is 13.2 Å². The highest BCUT2D eigenvalue weighted by Gasteiger charge is 2.21. The van der Waals surface area contributed by atoms with Gasteiger partial charge in [0.05, 0.1) is 29.1 Å². The van der Waals surface area contributed by atoms with Gasteiger partial charge >= 0.3 is 5.97 Å². The summed E-state index contributed by atoms with van der Waals surface area (Å²) in [6.07, 6.45) is 1.44. The lowest BCUT2D eigenvalue weighted by Gasteiger charge is -2.25. The SMILES string of the molecule is CCOC(=O)c1cc(NC(=O)CCCN(c2ccc3c(c2)OCCO3)S(C)(=O)=O)ccc1Cl. The molecule has 2 aromatic rings. The summed E-state index contributed by atoms with van der Waals surface area (Å²) in [7, 11) is -3.59. The summed E-state index contributed by atoms with van der Waals surface area (Å²) < 4.78 is 41.9. The van der Waals surface area contributed by atoms with E-state index < -0.39 is 16.0 Å². The maximum Gasteiger partial charge on any atom is 0.339 e. The van der Waals surface area contributed by atoms with Crippen molar-refractivity contribution in [1.82, 2.24) is 0 Å². The number of hydrogen-bond donors (Lipinski definition) is 1. The van der Waals surface area contributed by atoms with Crippen LogP contribution >= 0.6 is 11.6 Å². The van der Waals surface area contributed by atoms with E-state index in [-0.39, 0.29) is 42.5 Å². The number of fused-ring (bicyclic) bond motifs is 1. The molecule has 9 nitrogen and oxygen atoms in total. The minimum absolute atomic E-state index is 0.0634. The molecule has 33 heavy (non-hydrogen) atoms. The predicted octanol–water partition coefficient (Wildman–Crippen LogP) is 3.47. The third-order valence-electron chi connectivity index (χ3n) is 4.72. The normalized spacial score (nSPS) is 12.7. The molecule has 0 aromatic heterocycles. The van der Waals surface area contributed by atoms with Crippen LogP contribution in [-0.4, -0.2) is 52.9 Å². The number of esters is 1. The Bertz CT molecular complexity index is 1140. The smallest absolute Gasteiger partial charge is 0.339 e. The zero-order valence-electron chi connectivity index (χ0n) is 18.3. The number of nitrogens with zero attached hydrogens (tertiary/aromatic N) is 1. The average molecular weight is 497 g/mol. The van der Waals surface area contributed by atoms with Gasteiger partial charge in [0, 0.05) is 24.7 Å². The first-order valence-electron chi connectivity index (χ1n) is 10.3. The fourth-order valence-corrected chi connectivity index (χ4v) is 4.40. The van der Waals surface area contributed by atoms with E-state index in [1.54, 1.807) is 31.2 Å². The lowest BCUT2D eigenvalue weighted by molar-refractivity contribution is -0.116. The molecule has 0 fully saturated rings. The van der Waals surface area contributed by atoms with E-state index in [2.05, 4.69) is 5.32 Å². The van der Waals surface area contributed by atoms with Crippen molar-refractivity contribution in [1.29, 1.82) is 0 Å². The first kappa shape index (κ1) is 24.7. The van der Waals surface area contributed by atoms with Crippen LogP contribution < -0.4 is 19.1 Å². The van der Waals surface area contributed by atoms with Gasteiger partial charge in [-0.2, -0.15) is 0 Å². The van der Waals surface area contributed by atoms with Crippen molar-refractivity contribution in [2.75, 3.05) is 42.2 Å². The molecule has 0 saturated heterocycles. The van der Waals surface area contributed by atoms with Gasteiger partial charge in [0.25, 0.3) is 0 Å². The van der Waals surface area contributed by atoms with E-state index in [0.717, 1.165) is 6.26 Å². The van der Waals surface area contributed by atoms with E-state index in [1.165, 1.54) is 16.4 Å². The van der Waals surface area contributed by atoms with Crippen molar-refractivity contribution in [3.63, 3.8) is 0 Å². The molecule has 3 rings (SSSR count). The Kier molecular flexibility index (Phi) is 8.04. The van der Waals surface area contributed by atoms with Crippen LogP contribution in [0.1, 0.15) is 30.1 Å². The molecule has 1 amide bonds. The third kappa shape index (κ3) is 6.52. The van der Waals surface area contributed by atoms with E-state index >= 15 is 0 Å². The highest BCUT2D eigenvalue weighted by molar-refractivity contribution is 7.92. The molecular weight excluding hydrogens is 472 g/mol. The number of ether oxygens (including phenoxy) is 3. The van der Waals surface area contributed by atoms with Gasteiger partial charge in [0.1, 0.15) is 13.2 Å². The highest BCUT2D eigenvalue weighted by atomic mass is 35.5. The van der Waals surface area contributed by atoms with Crippen molar-refractivity contribution in [2.45, 2.75) is 19.8 Å². The van der Waals surface area contributed by atoms with Gasteiger partial charge in [0.2, 0.25) is 15.9 Å². The van der Waals surface area contributed by atoms with Crippen LogP contribution in [0.2, 0.25) is 5.02 Å². The summed E-state index contributed by atoms with van der Waals surface area (Å²) in [5.74, 6) is 0.123. The van der Waals surface area contributed by atoms with Crippen LogP contribution in [0.5, 0.6) is 11.5 Å². The van der Waals surface area contributed by atoms with Crippen molar-refractivity contribution < 1.29 is 32.2 Å². The second kappa shape index (κ2) is 10.8. The standard InChI is InChI=1S/C22H25ClN2O7S/c1-3-30-22(27)17-13-15(6-8-18(17)23)24-21(26)5-4-10-25(33(2,28)29)16-7-9-19-20(14-16)32-12-11-31-19/h6-9,13-14H,3-5,10-12H2,1-2H3,(H,24,26). The summed E-state index contributed by atoms with van der Waals surface area (Å²) in [6, 6.07) is 9.42. The number of hydrogen-bond acceptors (Lipinski definition) is 7. The molecule has 1 heterocycles. The fourth-order valence-electron chi connectivity index (χ4n) is 3.25. The summed E-state index contributed by atoms with van der Waals surface area (Å²) >= 11 is 6.03. The molecule has 2 aromatic carbocycles. The van der Waals surface area contributed by atoms with Gasteiger partial charge in [-0.15, -0.1) is 0 Å². The quantitative estimate of drug-likeness (QED) is 0.529. The monoisotopic (exact) mass is 496 g/mol. The Labute approximate surface area is 197 Å². The molecule has 1 N–H and O–H groups in total. The van der Waals surface area contributed by atoms with E-state index in [1.807, 2.05) is 0 Å². The van der Waals surface area contributed by atoms with Crippen LogP contribution in [0.25, 0.3) is 0 Å². The molecule has 0 saturated carbocycles. The number of amides is 1. The number of nitrogens with one attached hydrogen (secondary N) is 1. The van der Waals surface area contributed by atoms with Crippen LogP contribution in [0.3, 0.4) is 0 Å². The number of anilines is 2. The molecule has 0 spiro atoms. The Hall–Kier alpha value is -2.98. The minimum Gasteiger partial charge on any atom is -0.486 e. The summed E-state index contributed by atoms with van der Waals surface area (Å²) in [5, 5.41) is 2.91. The largest absolute Gasteiger partial charge is 0.486 e. The Morgan fingerprint density at radius 2 is 1.85 bits per heavy atom. The Morgan fingerprint density at radius 1 is 1.12 bits per heavy atom. The summed E-state index contributed by atoms with van der Waals surface area (Å²) in [5.41, 5.74) is 0.969. The van der Waals surface area contributed by atoms with Crippen LogP contribution in [0, 0.1) is 0 Å². The van der Waals surface area contributed by atoms with Gasteiger partial charge in [-0.05, 0) is 43.7 Å². The van der Waals surface area contributed by atoms with Crippen molar-refractivity contribution in [2.24, 2.45) is 0 Å². The number of halogens is 1. The summed E-state index contributed by atoms with van der Waals surface area (Å²) in [6.45, 7) is 2.80. The maximum absolute atomic E-state index is 12.4. The fraction of sp³-hybridized carbons (Fsp3) is 0.364. The number of carbonyl (C=O) groups is 2. The molecule has 0 unspecified atom stereocenters. The highest BCUT2D eigenvalue weighted by Crippen LogP contribution is 2.34. The minimum atomic E-state index is -3.59. The molecule has 1 aliphatic heterocycles. The second-order valence-corrected chi connectivity index (χ2v) is 9.54. The first-order valence-corrected chi connectivity index (χ1v) is 12.6. The zero-order chi connectivity index (χ0) is 24.0. The van der Waals surface area contributed by atoms with E-state index in [9.17, 15) is 18.0 Å².